The van der Waals surface area contributed by atoms with E-state index >= 15 is 0 Å². The summed E-state index contributed by atoms with van der Waals surface area (Å²) in [6, 6.07) is 4.34. The second-order valence-electron chi connectivity index (χ2n) is 4.44. The van der Waals surface area contributed by atoms with E-state index in [0.29, 0.717) is 11.3 Å². The minimum Gasteiger partial charge on any atom is -0.389 e. The van der Waals surface area contributed by atoms with Crippen molar-refractivity contribution in [3.8, 4) is 5.69 Å². The second-order valence-corrected chi connectivity index (χ2v) is 4.44. The van der Waals surface area contributed by atoms with Crippen LogP contribution in [-0.4, -0.2) is 19.9 Å². The lowest BCUT2D eigenvalue weighted by molar-refractivity contribution is 0.198. The zero-order valence-corrected chi connectivity index (χ0v) is 11.4. The van der Waals surface area contributed by atoms with Crippen LogP contribution in [0.1, 0.15) is 44.1 Å². The quantitative estimate of drug-likeness (QED) is 0.922. The smallest absolute Gasteiger partial charge is 0.151 e. The third-order valence-electron chi connectivity index (χ3n) is 3.02. The van der Waals surface area contributed by atoms with E-state index < -0.39 is 6.10 Å². The monoisotopic (exact) mass is 263 g/mol. The van der Waals surface area contributed by atoms with Gasteiger partial charge in [-0.25, -0.2) is 14.1 Å². The Balaban J connectivity index is 2.60. The molecule has 1 aromatic carbocycles. The van der Waals surface area contributed by atoms with Crippen LogP contribution in [0.4, 0.5) is 4.39 Å². The van der Waals surface area contributed by atoms with Crippen LogP contribution in [0.5, 0.6) is 0 Å². The van der Waals surface area contributed by atoms with Crippen molar-refractivity contribution in [1.82, 2.24) is 14.8 Å². The zero-order chi connectivity index (χ0) is 14.0. The molecule has 0 saturated carbocycles. The lowest BCUT2D eigenvalue weighted by atomic mass is 10.1. The van der Waals surface area contributed by atoms with Gasteiger partial charge in [0, 0.05) is 18.4 Å². The molecule has 0 fully saturated rings. The minimum atomic E-state index is -0.760. The predicted octanol–water partition coefficient (Wildman–Crippen LogP) is 2.58. The van der Waals surface area contributed by atoms with Gasteiger partial charge in [-0.15, -0.1) is 0 Å². The summed E-state index contributed by atoms with van der Waals surface area (Å²) < 4.78 is 15.0. The van der Waals surface area contributed by atoms with Gasteiger partial charge in [0.1, 0.15) is 11.6 Å². The van der Waals surface area contributed by atoms with Crippen LogP contribution >= 0.6 is 0 Å². The molecule has 2 aromatic rings. The molecule has 0 amide bonds. The molecule has 102 valence electrons. The van der Waals surface area contributed by atoms with Gasteiger partial charge in [-0.2, -0.15) is 5.10 Å². The maximum atomic E-state index is 13.3. The summed E-state index contributed by atoms with van der Waals surface area (Å²) in [5.74, 6) is 1.19. The Morgan fingerprint density at radius 2 is 2.05 bits per heavy atom. The molecule has 1 atom stereocenters. The summed E-state index contributed by atoms with van der Waals surface area (Å²) in [7, 11) is 0. The molecule has 5 heteroatoms. The fraction of sp³-hybridized carbons (Fsp3) is 0.429. The van der Waals surface area contributed by atoms with Crippen molar-refractivity contribution in [2.75, 3.05) is 0 Å². The Morgan fingerprint density at radius 1 is 1.32 bits per heavy atom. The van der Waals surface area contributed by atoms with Gasteiger partial charge in [-0.05, 0) is 25.1 Å². The summed E-state index contributed by atoms with van der Waals surface area (Å²) in [4.78, 5) is 4.42. The summed E-state index contributed by atoms with van der Waals surface area (Å²) in [6.45, 7) is 5.59. The SMILES string of the molecule is CCc1nc(CC)n(-c2ccc(F)cc2C(C)O)n1. The summed E-state index contributed by atoms with van der Waals surface area (Å²) in [5.41, 5.74) is 1.20. The molecule has 4 nitrogen and oxygen atoms in total. The highest BCUT2D eigenvalue weighted by Crippen LogP contribution is 2.23. The van der Waals surface area contributed by atoms with Gasteiger partial charge in [-0.1, -0.05) is 13.8 Å². The average Bonchev–Trinajstić information content (AvgIpc) is 2.81. The molecule has 0 aliphatic rings. The third-order valence-corrected chi connectivity index (χ3v) is 3.02. The fourth-order valence-corrected chi connectivity index (χ4v) is 2.02. The van der Waals surface area contributed by atoms with Crippen molar-refractivity contribution < 1.29 is 9.50 Å². The van der Waals surface area contributed by atoms with Crippen molar-refractivity contribution in [3.05, 3.63) is 41.2 Å². The molecule has 1 aromatic heterocycles. The third kappa shape index (κ3) is 2.66. The molecule has 0 saturated heterocycles. The van der Waals surface area contributed by atoms with Crippen LogP contribution in [0.2, 0.25) is 0 Å². The van der Waals surface area contributed by atoms with Gasteiger partial charge in [0.25, 0.3) is 0 Å². The van der Waals surface area contributed by atoms with Crippen molar-refractivity contribution in [3.63, 3.8) is 0 Å². The van der Waals surface area contributed by atoms with E-state index in [4.69, 9.17) is 0 Å². The van der Waals surface area contributed by atoms with Crippen LogP contribution in [0, 0.1) is 5.82 Å². The lowest BCUT2D eigenvalue weighted by Gasteiger charge is -2.13. The molecule has 0 radical (unpaired) electrons. The standard InChI is InChI=1S/C14H18FN3O/c1-4-13-16-14(5-2)18(17-13)12-7-6-10(15)8-11(12)9(3)19/h6-9,19H,4-5H2,1-3H3. The molecule has 0 aliphatic carbocycles. The largest absolute Gasteiger partial charge is 0.389 e. The molecular weight excluding hydrogens is 245 g/mol. The molecule has 0 spiro atoms. The van der Waals surface area contributed by atoms with Gasteiger partial charge in [-0.3, -0.25) is 0 Å². The van der Waals surface area contributed by atoms with Gasteiger partial charge >= 0.3 is 0 Å². The Bertz CT molecular complexity index is 578. The van der Waals surface area contributed by atoms with E-state index in [-0.39, 0.29) is 5.82 Å². The van der Waals surface area contributed by atoms with Crippen LogP contribution < -0.4 is 0 Å². The Morgan fingerprint density at radius 3 is 2.63 bits per heavy atom. The fourth-order valence-electron chi connectivity index (χ4n) is 2.02. The number of aromatic nitrogens is 3. The topological polar surface area (TPSA) is 50.9 Å². The molecule has 2 rings (SSSR count). The van der Waals surface area contributed by atoms with E-state index in [2.05, 4.69) is 10.1 Å². The average molecular weight is 263 g/mol. The van der Waals surface area contributed by atoms with E-state index in [1.165, 1.54) is 12.1 Å². The van der Waals surface area contributed by atoms with Crippen LogP contribution in [0.25, 0.3) is 5.69 Å². The first-order valence-corrected chi connectivity index (χ1v) is 6.49. The first kappa shape index (κ1) is 13.7. The van der Waals surface area contributed by atoms with E-state index in [1.54, 1.807) is 17.7 Å². The molecule has 19 heavy (non-hydrogen) atoms. The van der Waals surface area contributed by atoms with Crippen LogP contribution in [0.3, 0.4) is 0 Å². The van der Waals surface area contributed by atoms with Crippen LogP contribution in [-0.2, 0) is 12.8 Å². The Labute approximate surface area is 111 Å². The number of hydrogen-bond donors (Lipinski definition) is 1. The Kier molecular flexibility index (Phi) is 3.95. The predicted molar refractivity (Wildman–Crippen MR) is 70.7 cm³/mol. The molecule has 0 aliphatic heterocycles. The van der Waals surface area contributed by atoms with Gasteiger partial charge in [0.05, 0.1) is 11.8 Å². The number of hydrogen-bond acceptors (Lipinski definition) is 3. The molecule has 1 N–H and O–H groups in total. The summed E-state index contributed by atoms with van der Waals surface area (Å²) in [6.07, 6.45) is 0.708. The number of benzene rings is 1. The Hall–Kier alpha value is -1.75. The first-order chi connectivity index (χ1) is 9.06. The molecule has 1 heterocycles. The highest BCUT2D eigenvalue weighted by Gasteiger charge is 2.15. The number of nitrogens with zero attached hydrogens (tertiary/aromatic N) is 3. The highest BCUT2D eigenvalue weighted by atomic mass is 19.1. The zero-order valence-electron chi connectivity index (χ0n) is 11.4. The number of aliphatic hydroxyl groups excluding tert-OH is 1. The maximum Gasteiger partial charge on any atom is 0.151 e. The summed E-state index contributed by atoms with van der Waals surface area (Å²) >= 11 is 0. The van der Waals surface area contributed by atoms with Gasteiger partial charge in [0.15, 0.2) is 5.82 Å². The second kappa shape index (κ2) is 5.48. The van der Waals surface area contributed by atoms with E-state index in [0.717, 1.165) is 24.5 Å². The molecule has 1 unspecified atom stereocenters. The molecule has 0 bridgehead atoms. The number of aryl methyl sites for hydroxylation is 2. The van der Waals surface area contributed by atoms with Crippen molar-refractivity contribution in [2.45, 2.75) is 39.7 Å². The minimum absolute atomic E-state index is 0.367. The summed E-state index contributed by atoms with van der Waals surface area (Å²) in [5, 5.41) is 14.2. The number of aliphatic hydroxyl groups is 1. The van der Waals surface area contributed by atoms with Crippen molar-refractivity contribution in [2.24, 2.45) is 0 Å². The van der Waals surface area contributed by atoms with Gasteiger partial charge in [0.2, 0.25) is 0 Å². The van der Waals surface area contributed by atoms with Crippen LogP contribution in [0.15, 0.2) is 18.2 Å². The number of halogens is 1. The van der Waals surface area contributed by atoms with Gasteiger partial charge < -0.3 is 5.11 Å². The van der Waals surface area contributed by atoms with E-state index in [1.807, 2.05) is 13.8 Å². The molecular formula is C14H18FN3O. The first-order valence-electron chi connectivity index (χ1n) is 6.49. The maximum absolute atomic E-state index is 13.3. The normalized spacial score (nSPS) is 12.7. The van der Waals surface area contributed by atoms with Crippen molar-refractivity contribution >= 4 is 0 Å². The van der Waals surface area contributed by atoms with E-state index in [9.17, 15) is 9.50 Å². The van der Waals surface area contributed by atoms with Crippen molar-refractivity contribution in [1.29, 1.82) is 0 Å². The highest BCUT2D eigenvalue weighted by molar-refractivity contribution is 5.42. The lowest BCUT2D eigenvalue weighted by Crippen LogP contribution is -2.08. The number of rotatable bonds is 4.